The van der Waals surface area contributed by atoms with E-state index in [0.717, 1.165) is 43.7 Å². The van der Waals surface area contributed by atoms with Crippen LogP contribution in [0.3, 0.4) is 0 Å². The number of benzene rings is 2. The number of hydrogen-bond donors (Lipinski definition) is 2. The molecule has 4 nitrogen and oxygen atoms in total. The van der Waals surface area contributed by atoms with Crippen LogP contribution < -0.4 is 15.4 Å². The largest absolute Gasteiger partial charge is 0.491 e. The van der Waals surface area contributed by atoms with Crippen LogP contribution in [0.1, 0.15) is 46.5 Å². The van der Waals surface area contributed by atoms with Gasteiger partial charge >= 0.3 is 0 Å². The van der Waals surface area contributed by atoms with E-state index in [1.54, 1.807) is 0 Å². The van der Waals surface area contributed by atoms with Gasteiger partial charge in [0, 0.05) is 4.90 Å². The van der Waals surface area contributed by atoms with Gasteiger partial charge in [-0.25, -0.2) is 0 Å². The summed E-state index contributed by atoms with van der Waals surface area (Å²) in [7, 11) is 0. The van der Waals surface area contributed by atoms with Crippen LogP contribution in [-0.2, 0) is 4.79 Å². The average Bonchev–Trinajstić information content (AvgIpc) is 2.76. The van der Waals surface area contributed by atoms with E-state index in [9.17, 15) is 4.79 Å². The summed E-state index contributed by atoms with van der Waals surface area (Å²) < 4.78 is 6.03. The molecule has 1 heterocycles. The lowest BCUT2D eigenvalue weighted by Gasteiger charge is -2.22. The van der Waals surface area contributed by atoms with Crippen LogP contribution in [-0.4, -0.2) is 36.9 Å². The van der Waals surface area contributed by atoms with Crippen LogP contribution in [0.15, 0.2) is 53.4 Å². The summed E-state index contributed by atoms with van der Waals surface area (Å²) in [6.07, 6.45) is 4.06. The van der Waals surface area contributed by atoms with Crippen LogP contribution in [0, 0.1) is 5.92 Å². The highest BCUT2D eigenvalue weighted by molar-refractivity contribution is 7.99. The molecule has 0 spiro atoms. The summed E-state index contributed by atoms with van der Waals surface area (Å²) in [5, 5.41) is 6.63. The molecule has 2 atom stereocenters. The molecule has 1 aliphatic rings. The maximum Gasteiger partial charge on any atom is 0.237 e. The third kappa shape index (κ3) is 7.58. The number of hydrogen-bond acceptors (Lipinski definition) is 4. The van der Waals surface area contributed by atoms with Gasteiger partial charge in [-0.3, -0.25) is 4.79 Å². The third-order valence-electron chi connectivity index (χ3n) is 5.49. The lowest BCUT2D eigenvalue weighted by atomic mass is 10.1. The molecule has 3 rings (SSSR count). The summed E-state index contributed by atoms with van der Waals surface area (Å²) >= 11 is 1.90. The van der Waals surface area contributed by atoms with Gasteiger partial charge in [0.1, 0.15) is 12.4 Å². The van der Waals surface area contributed by atoms with Gasteiger partial charge in [0.2, 0.25) is 5.91 Å². The van der Waals surface area contributed by atoms with Gasteiger partial charge < -0.3 is 15.4 Å². The van der Waals surface area contributed by atoms with Crippen molar-refractivity contribution in [2.75, 3.05) is 18.9 Å². The molecule has 0 saturated heterocycles. The Labute approximate surface area is 191 Å². The number of fused-ring (bicyclic) bond motifs is 4. The monoisotopic (exact) mass is 440 g/mol. The van der Waals surface area contributed by atoms with Crippen LogP contribution >= 0.6 is 11.8 Å². The topological polar surface area (TPSA) is 50.4 Å². The van der Waals surface area contributed by atoms with E-state index < -0.39 is 0 Å². The van der Waals surface area contributed by atoms with Gasteiger partial charge in [-0.15, -0.1) is 11.8 Å². The van der Waals surface area contributed by atoms with E-state index >= 15 is 0 Å². The van der Waals surface area contributed by atoms with Crippen molar-refractivity contribution < 1.29 is 9.53 Å². The van der Waals surface area contributed by atoms with Crippen molar-refractivity contribution in [2.24, 2.45) is 5.92 Å². The second kappa shape index (κ2) is 12.2. The Balaban J connectivity index is 1.75. The van der Waals surface area contributed by atoms with Crippen LogP contribution in [0.4, 0.5) is 0 Å². The molecule has 31 heavy (non-hydrogen) atoms. The number of thioether (sulfide) groups is 1. The van der Waals surface area contributed by atoms with Gasteiger partial charge in [0.15, 0.2) is 0 Å². The maximum absolute atomic E-state index is 12.9. The molecule has 0 aromatic heterocycles. The zero-order valence-corrected chi connectivity index (χ0v) is 19.8. The Bertz CT molecular complexity index is 840. The van der Waals surface area contributed by atoms with Gasteiger partial charge in [-0.2, -0.15) is 0 Å². The van der Waals surface area contributed by atoms with Gasteiger partial charge in [0.05, 0.1) is 12.1 Å². The Morgan fingerprint density at radius 3 is 2.84 bits per heavy atom. The zero-order chi connectivity index (χ0) is 22.1. The molecule has 1 amide bonds. The molecule has 5 heteroatoms. The lowest BCUT2D eigenvalue weighted by molar-refractivity contribution is -0.124. The lowest BCUT2D eigenvalue weighted by Crippen LogP contribution is -2.48. The van der Waals surface area contributed by atoms with E-state index in [4.69, 9.17) is 4.74 Å². The number of ether oxygens (including phenoxy) is 1. The first-order valence-corrected chi connectivity index (χ1v) is 12.5. The first-order chi connectivity index (χ1) is 15.0. The molecule has 0 radical (unpaired) electrons. The summed E-state index contributed by atoms with van der Waals surface area (Å²) in [5.74, 6) is 2.58. The van der Waals surface area contributed by atoms with Crippen molar-refractivity contribution in [3.63, 3.8) is 0 Å². The van der Waals surface area contributed by atoms with Gasteiger partial charge in [-0.1, -0.05) is 50.6 Å². The van der Waals surface area contributed by atoms with E-state index in [0.29, 0.717) is 12.5 Å². The SMILES string of the molecule is CC(C)CCN[C@H]1CCCCSc2ccccc2-c2cccc(c2)OC[C@@H](C)NC1=O. The summed E-state index contributed by atoms with van der Waals surface area (Å²) in [6, 6.07) is 16.6. The second-order valence-corrected chi connectivity index (χ2v) is 9.91. The molecule has 2 bridgehead atoms. The summed E-state index contributed by atoms with van der Waals surface area (Å²) in [6.45, 7) is 7.75. The minimum Gasteiger partial charge on any atom is -0.491 e. The fourth-order valence-corrected chi connectivity index (χ4v) is 4.78. The molecule has 2 N–H and O–H groups in total. The van der Waals surface area contributed by atoms with Crippen molar-refractivity contribution >= 4 is 17.7 Å². The summed E-state index contributed by atoms with van der Waals surface area (Å²) in [4.78, 5) is 14.2. The van der Waals surface area contributed by atoms with E-state index in [1.807, 2.05) is 30.8 Å². The number of rotatable bonds is 4. The first-order valence-electron chi connectivity index (χ1n) is 11.5. The summed E-state index contributed by atoms with van der Waals surface area (Å²) in [5.41, 5.74) is 2.42. The van der Waals surface area contributed by atoms with Crippen LogP contribution in [0.2, 0.25) is 0 Å². The first kappa shape index (κ1) is 23.7. The minimum atomic E-state index is -0.144. The molecular formula is C26H36N2O2S. The molecule has 2 aromatic carbocycles. The van der Waals surface area contributed by atoms with Gasteiger partial charge in [-0.05, 0) is 73.7 Å². The van der Waals surface area contributed by atoms with Crippen molar-refractivity contribution in [2.45, 2.75) is 63.4 Å². The quantitative estimate of drug-likeness (QED) is 0.657. The molecule has 168 valence electrons. The van der Waals surface area contributed by atoms with Crippen molar-refractivity contribution in [3.05, 3.63) is 48.5 Å². The highest BCUT2D eigenvalue weighted by Gasteiger charge is 2.20. The van der Waals surface area contributed by atoms with Crippen LogP contribution in [0.5, 0.6) is 5.75 Å². The van der Waals surface area contributed by atoms with E-state index in [1.165, 1.54) is 16.0 Å². The molecule has 0 unspecified atom stereocenters. The Hall–Kier alpha value is -1.98. The third-order valence-corrected chi connectivity index (χ3v) is 6.65. The van der Waals surface area contributed by atoms with Crippen molar-refractivity contribution in [3.8, 4) is 16.9 Å². The molecule has 0 fully saturated rings. The Kier molecular flexibility index (Phi) is 9.29. The van der Waals surface area contributed by atoms with Crippen molar-refractivity contribution in [1.82, 2.24) is 10.6 Å². The Morgan fingerprint density at radius 1 is 1.16 bits per heavy atom. The van der Waals surface area contributed by atoms with E-state index in [2.05, 4.69) is 60.9 Å². The number of amides is 1. The normalized spacial score (nSPS) is 20.6. The Morgan fingerprint density at radius 2 is 2.00 bits per heavy atom. The highest BCUT2D eigenvalue weighted by Crippen LogP contribution is 2.33. The molecule has 2 aromatic rings. The predicted molar refractivity (Wildman–Crippen MR) is 131 cm³/mol. The fraction of sp³-hybridized carbons (Fsp3) is 0.500. The average molecular weight is 441 g/mol. The fourth-order valence-electron chi connectivity index (χ4n) is 3.70. The smallest absolute Gasteiger partial charge is 0.237 e. The minimum absolute atomic E-state index is 0.0543. The highest BCUT2D eigenvalue weighted by atomic mass is 32.2. The molecular weight excluding hydrogens is 404 g/mol. The second-order valence-electron chi connectivity index (χ2n) is 8.78. The van der Waals surface area contributed by atoms with Crippen molar-refractivity contribution in [1.29, 1.82) is 0 Å². The molecule has 0 aliphatic carbocycles. The number of nitrogens with one attached hydrogen (secondary N) is 2. The number of carbonyl (C=O) groups excluding carboxylic acids is 1. The van der Waals surface area contributed by atoms with E-state index in [-0.39, 0.29) is 18.0 Å². The molecule has 0 saturated carbocycles. The van der Waals surface area contributed by atoms with Gasteiger partial charge in [0.25, 0.3) is 0 Å². The standard InChI is InChI=1S/C26H36N2O2S/c1-19(2)14-15-27-24-12-6-7-16-31-25-13-5-4-11-23(25)21-9-8-10-22(17-21)30-18-20(3)28-26(24)29/h4-5,8-11,13,17,19-20,24,27H,6-7,12,14-16,18H2,1-3H3,(H,28,29)/t20-,24+/m1/s1. The predicted octanol–water partition coefficient (Wildman–Crippen LogP) is 5.52. The van der Waals surface area contributed by atoms with Crippen LogP contribution in [0.25, 0.3) is 11.1 Å². The maximum atomic E-state index is 12.9. The molecule has 1 aliphatic heterocycles. The number of carbonyl (C=O) groups is 1. The zero-order valence-electron chi connectivity index (χ0n) is 19.0.